The minimum absolute atomic E-state index is 0.0842. The molecule has 84 valence electrons. The van der Waals surface area contributed by atoms with Gasteiger partial charge in [-0.2, -0.15) is 0 Å². The zero-order valence-corrected chi connectivity index (χ0v) is 9.25. The van der Waals surface area contributed by atoms with Gasteiger partial charge in [-0.25, -0.2) is 4.39 Å². The molecule has 0 aliphatic carbocycles. The number of aromatic nitrogens is 1. The number of carbonyl (C=O) groups excluding carboxylic acids is 1. The molecule has 1 N–H and O–H groups in total. The smallest absolute Gasteiger partial charge is 0.270 e. The number of H-pyrrole nitrogens is 1. The van der Waals surface area contributed by atoms with Gasteiger partial charge in [0.05, 0.1) is 0 Å². The van der Waals surface area contributed by atoms with Crippen LogP contribution in [0.2, 0.25) is 0 Å². The average molecular weight is 220 g/mol. The van der Waals surface area contributed by atoms with Crippen molar-refractivity contribution in [2.75, 3.05) is 13.6 Å². The van der Waals surface area contributed by atoms with Gasteiger partial charge >= 0.3 is 0 Å². The van der Waals surface area contributed by atoms with E-state index in [2.05, 4.69) is 4.98 Å². The third-order valence-corrected chi connectivity index (χ3v) is 2.63. The Bertz CT molecular complexity index is 533. The molecule has 16 heavy (non-hydrogen) atoms. The van der Waals surface area contributed by atoms with E-state index in [4.69, 9.17) is 0 Å². The largest absolute Gasteiger partial charge is 0.351 e. The molecule has 2 aromatic rings. The number of hydrogen-bond acceptors (Lipinski definition) is 1. The first-order valence-electron chi connectivity index (χ1n) is 5.15. The lowest BCUT2D eigenvalue weighted by atomic mass is 10.2. The van der Waals surface area contributed by atoms with Crippen LogP contribution in [0.4, 0.5) is 4.39 Å². The number of rotatable bonds is 2. The number of aromatic amines is 1. The number of benzene rings is 1. The van der Waals surface area contributed by atoms with Crippen LogP contribution < -0.4 is 0 Å². The molecule has 2 rings (SSSR count). The Balaban J connectivity index is 2.43. The fourth-order valence-corrected chi connectivity index (χ4v) is 1.57. The minimum Gasteiger partial charge on any atom is -0.351 e. The fourth-order valence-electron chi connectivity index (χ4n) is 1.57. The quantitative estimate of drug-likeness (QED) is 0.828. The molecule has 0 aliphatic rings. The van der Waals surface area contributed by atoms with E-state index >= 15 is 0 Å². The molecule has 0 atom stereocenters. The van der Waals surface area contributed by atoms with Gasteiger partial charge in [-0.1, -0.05) is 0 Å². The summed E-state index contributed by atoms with van der Waals surface area (Å²) in [6, 6.07) is 6.09. The number of carbonyl (C=O) groups is 1. The zero-order chi connectivity index (χ0) is 11.7. The summed E-state index contributed by atoms with van der Waals surface area (Å²) in [6.07, 6.45) is 0. The lowest BCUT2D eigenvalue weighted by Crippen LogP contribution is -2.26. The summed E-state index contributed by atoms with van der Waals surface area (Å²) >= 11 is 0. The van der Waals surface area contributed by atoms with Crippen molar-refractivity contribution in [3.63, 3.8) is 0 Å². The van der Waals surface area contributed by atoms with Gasteiger partial charge < -0.3 is 9.88 Å². The summed E-state index contributed by atoms with van der Waals surface area (Å²) in [7, 11) is 1.73. The molecule has 0 unspecified atom stereocenters. The van der Waals surface area contributed by atoms with E-state index < -0.39 is 0 Å². The fraction of sp³-hybridized carbons (Fsp3) is 0.250. The highest BCUT2D eigenvalue weighted by Gasteiger charge is 2.12. The highest BCUT2D eigenvalue weighted by Crippen LogP contribution is 2.17. The van der Waals surface area contributed by atoms with Gasteiger partial charge in [-0.05, 0) is 31.2 Å². The summed E-state index contributed by atoms with van der Waals surface area (Å²) in [4.78, 5) is 16.4. The van der Waals surface area contributed by atoms with E-state index in [0.29, 0.717) is 17.6 Å². The molecule has 4 heteroatoms. The molecule has 1 aromatic heterocycles. The summed E-state index contributed by atoms with van der Waals surface area (Å²) in [5, 5.41) is 0.716. The van der Waals surface area contributed by atoms with Gasteiger partial charge in [0.2, 0.25) is 0 Å². The summed E-state index contributed by atoms with van der Waals surface area (Å²) in [5.74, 6) is -0.381. The molecule has 1 heterocycles. The zero-order valence-electron chi connectivity index (χ0n) is 9.25. The summed E-state index contributed by atoms with van der Waals surface area (Å²) in [6.45, 7) is 2.54. The van der Waals surface area contributed by atoms with Crippen molar-refractivity contribution < 1.29 is 9.18 Å². The van der Waals surface area contributed by atoms with Crippen LogP contribution in [0.3, 0.4) is 0 Å². The predicted octanol–water partition coefficient (Wildman–Crippen LogP) is 2.40. The summed E-state index contributed by atoms with van der Waals surface area (Å²) in [5.41, 5.74) is 1.26. The van der Waals surface area contributed by atoms with Crippen molar-refractivity contribution in [3.05, 3.63) is 35.8 Å². The normalized spacial score (nSPS) is 10.7. The van der Waals surface area contributed by atoms with Crippen LogP contribution in [0.1, 0.15) is 17.4 Å². The van der Waals surface area contributed by atoms with Crippen molar-refractivity contribution in [2.24, 2.45) is 0 Å². The Morgan fingerprint density at radius 2 is 2.19 bits per heavy atom. The molecule has 0 bridgehead atoms. The number of nitrogens with zero attached hydrogens (tertiary/aromatic N) is 1. The predicted molar refractivity (Wildman–Crippen MR) is 60.9 cm³/mol. The Morgan fingerprint density at radius 1 is 1.44 bits per heavy atom. The van der Waals surface area contributed by atoms with E-state index in [9.17, 15) is 9.18 Å². The van der Waals surface area contributed by atoms with E-state index in [1.165, 1.54) is 12.1 Å². The van der Waals surface area contributed by atoms with Gasteiger partial charge in [-0.15, -0.1) is 0 Å². The molecule has 1 aromatic carbocycles. The van der Waals surface area contributed by atoms with Crippen LogP contribution in [-0.4, -0.2) is 29.4 Å². The molecule has 0 saturated heterocycles. The van der Waals surface area contributed by atoms with Crippen LogP contribution in [0.15, 0.2) is 24.3 Å². The van der Waals surface area contributed by atoms with Crippen molar-refractivity contribution >= 4 is 16.8 Å². The molecular formula is C12H13FN2O. The molecule has 1 amide bonds. The number of amides is 1. The molecule has 3 nitrogen and oxygen atoms in total. The topological polar surface area (TPSA) is 36.1 Å². The van der Waals surface area contributed by atoms with Crippen LogP contribution in [0.25, 0.3) is 10.9 Å². The van der Waals surface area contributed by atoms with Gasteiger partial charge in [0.1, 0.15) is 11.5 Å². The Kier molecular flexibility index (Phi) is 2.64. The Hall–Kier alpha value is -1.84. The molecule has 0 fully saturated rings. The monoisotopic (exact) mass is 220 g/mol. The first-order valence-corrected chi connectivity index (χ1v) is 5.15. The summed E-state index contributed by atoms with van der Waals surface area (Å²) < 4.78 is 13.0. The van der Waals surface area contributed by atoms with E-state index in [0.717, 1.165) is 5.52 Å². The van der Waals surface area contributed by atoms with Crippen LogP contribution in [0, 0.1) is 5.82 Å². The second-order valence-electron chi connectivity index (χ2n) is 3.73. The first kappa shape index (κ1) is 10.7. The van der Waals surface area contributed by atoms with Crippen molar-refractivity contribution in [3.8, 4) is 0 Å². The third-order valence-electron chi connectivity index (χ3n) is 2.63. The standard InChI is InChI=1S/C12H13FN2O/c1-3-15(2)12(16)11-7-8-6-9(13)4-5-10(8)14-11/h4-7,14H,3H2,1-2H3. The van der Waals surface area contributed by atoms with Crippen molar-refractivity contribution in [1.29, 1.82) is 0 Å². The lowest BCUT2D eigenvalue weighted by molar-refractivity contribution is 0.0797. The maximum atomic E-state index is 13.0. The molecule has 0 aliphatic heterocycles. The van der Waals surface area contributed by atoms with Gasteiger partial charge in [-0.3, -0.25) is 4.79 Å². The SMILES string of the molecule is CCN(C)C(=O)c1cc2cc(F)ccc2[nH]1. The minimum atomic E-state index is -0.297. The number of nitrogens with one attached hydrogen (secondary N) is 1. The van der Waals surface area contributed by atoms with Gasteiger partial charge in [0.25, 0.3) is 5.91 Å². The highest BCUT2D eigenvalue weighted by atomic mass is 19.1. The number of fused-ring (bicyclic) bond motifs is 1. The Labute approximate surface area is 92.9 Å². The van der Waals surface area contributed by atoms with Crippen LogP contribution in [0.5, 0.6) is 0 Å². The first-order chi connectivity index (χ1) is 7.61. The maximum Gasteiger partial charge on any atom is 0.270 e. The van der Waals surface area contributed by atoms with Gasteiger partial charge in [0, 0.05) is 24.5 Å². The van der Waals surface area contributed by atoms with E-state index in [1.54, 1.807) is 24.1 Å². The lowest BCUT2D eigenvalue weighted by Gasteiger charge is -2.12. The maximum absolute atomic E-state index is 13.0. The second kappa shape index (κ2) is 3.96. The molecule has 0 saturated carbocycles. The molecule has 0 spiro atoms. The van der Waals surface area contributed by atoms with Crippen LogP contribution in [-0.2, 0) is 0 Å². The molecular weight excluding hydrogens is 207 g/mol. The average Bonchev–Trinajstić information content (AvgIpc) is 2.69. The van der Waals surface area contributed by atoms with E-state index in [-0.39, 0.29) is 11.7 Å². The molecule has 0 radical (unpaired) electrons. The number of hydrogen-bond donors (Lipinski definition) is 1. The number of halogens is 1. The van der Waals surface area contributed by atoms with Crippen molar-refractivity contribution in [2.45, 2.75) is 6.92 Å². The highest BCUT2D eigenvalue weighted by molar-refractivity contribution is 5.97. The van der Waals surface area contributed by atoms with Crippen LogP contribution >= 0.6 is 0 Å². The van der Waals surface area contributed by atoms with E-state index in [1.807, 2.05) is 6.92 Å². The van der Waals surface area contributed by atoms with Crippen molar-refractivity contribution in [1.82, 2.24) is 9.88 Å². The Morgan fingerprint density at radius 3 is 2.88 bits per heavy atom. The second-order valence-corrected chi connectivity index (χ2v) is 3.73. The van der Waals surface area contributed by atoms with Gasteiger partial charge in [0.15, 0.2) is 0 Å². The third kappa shape index (κ3) is 1.78.